The summed E-state index contributed by atoms with van der Waals surface area (Å²) in [5.41, 5.74) is 1.71. The maximum Gasteiger partial charge on any atom is 0.434 e. The fourth-order valence-corrected chi connectivity index (χ4v) is 3.65. The van der Waals surface area contributed by atoms with Crippen LogP contribution in [0.1, 0.15) is 23.7 Å². The highest BCUT2D eigenvalue weighted by molar-refractivity contribution is 6.28. The van der Waals surface area contributed by atoms with Crippen LogP contribution >= 0.6 is 11.6 Å². The quantitative estimate of drug-likeness (QED) is 0.562. The third-order valence-corrected chi connectivity index (χ3v) is 5.14. The number of rotatable bonds is 4. The van der Waals surface area contributed by atoms with Crippen LogP contribution in [0, 0.1) is 0 Å². The fourth-order valence-electron chi connectivity index (χ4n) is 3.52. The van der Waals surface area contributed by atoms with Crippen molar-refractivity contribution in [3.8, 4) is 17.1 Å². The van der Waals surface area contributed by atoms with Gasteiger partial charge in [0.1, 0.15) is 12.4 Å². The van der Waals surface area contributed by atoms with Crippen LogP contribution in [0.15, 0.2) is 30.6 Å². The summed E-state index contributed by atoms with van der Waals surface area (Å²) < 4.78 is 46.1. The Kier molecular flexibility index (Phi) is 5.31. The number of anilines is 1. The van der Waals surface area contributed by atoms with Gasteiger partial charge >= 0.3 is 6.18 Å². The van der Waals surface area contributed by atoms with Gasteiger partial charge in [-0.1, -0.05) is 25.1 Å². The average Bonchev–Trinajstić information content (AvgIpc) is 3.10. The maximum atomic E-state index is 13.0. The summed E-state index contributed by atoms with van der Waals surface area (Å²) in [5, 5.41) is 0.143. The first-order valence-corrected chi connectivity index (χ1v) is 9.77. The van der Waals surface area contributed by atoms with Crippen LogP contribution in [0.5, 0.6) is 5.75 Å². The number of aryl methyl sites for hydroxylation is 2. The Morgan fingerprint density at radius 2 is 2.03 bits per heavy atom. The summed E-state index contributed by atoms with van der Waals surface area (Å²) in [6.07, 6.45) is -1.26. The molecule has 0 bridgehead atoms. The Hall–Kier alpha value is -2.81. The topological polar surface area (TPSA) is 56.1 Å². The lowest BCUT2D eigenvalue weighted by atomic mass is 10.0. The van der Waals surface area contributed by atoms with Crippen molar-refractivity contribution in [2.45, 2.75) is 26.1 Å². The summed E-state index contributed by atoms with van der Waals surface area (Å²) >= 11 is 5.94. The lowest BCUT2D eigenvalue weighted by Crippen LogP contribution is -2.33. The molecule has 0 spiro atoms. The standard InChI is InChI=1S/C20H19ClF3N5O/c1-3-13-8-12(10-29-6-7-30-15-9-25-19(21)27-18(15)29)4-5-14(13)17-26-16(11-28(17)2)20(22,23)24/h4-5,8-9,11H,3,6-7,10H2,1-2H3. The molecule has 3 heterocycles. The monoisotopic (exact) mass is 437 g/mol. The zero-order valence-corrected chi connectivity index (χ0v) is 17.1. The zero-order chi connectivity index (χ0) is 21.5. The fraction of sp³-hybridized carbons (Fsp3) is 0.350. The van der Waals surface area contributed by atoms with Crippen LogP contribution in [-0.2, 0) is 26.2 Å². The van der Waals surface area contributed by atoms with Crippen molar-refractivity contribution in [3.05, 3.63) is 52.7 Å². The predicted octanol–water partition coefficient (Wildman–Crippen LogP) is 4.51. The molecular formula is C20H19ClF3N5O. The van der Waals surface area contributed by atoms with Gasteiger partial charge in [-0.05, 0) is 29.1 Å². The highest BCUT2D eigenvalue weighted by Crippen LogP contribution is 2.33. The molecule has 1 aromatic carbocycles. The SMILES string of the molecule is CCc1cc(CN2CCOc3cnc(Cl)nc32)ccc1-c1nc(C(F)(F)F)cn1C. The second-order valence-corrected chi connectivity index (χ2v) is 7.34. The van der Waals surface area contributed by atoms with E-state index >= 15 is 0 Å². The second-order valence-electron chi connectivity index (χ2n) is 7.00. The normalized spacial score (nSPS) is 13.9. The van der Waals surface area contributed by atoms with Crippen molar-refractivity contribution in [1.82, 2.24) is 19.5 Å². The molecule has 0 aliphatic carbocycles. The molecule has 2 aromatic heterocycles. The third kappa shape index (κ3) is 3.94. The smallest absolute Gasteiger partial charge is 0.434 e. The van der Waals surface area contributed by atoms with Crippen molar-refractivity contribution in [2.75, 3.05) is 18.1 Å². The summed E-state index contributed by atoms with van der Waals surface area (Å²) in [7, 11) is 1.57. The number of nitrogens with zero attached hydrogens (tertiary/aromatic N) is 5. The third-order valence-electron chi connectivity index (χ3n) is 4.96. The Bertz CT molecular complexity index is 1080. The number of halogens is 4. The van der Waals surface area contributed by atoms with Crippen molar-refractivity contribution in [2.24, 2.45) is 7.05 Å². The molecule has 3 aromatic rings. The zero-order valence-electron chi connectivity index (χ0n) is 16.4. The van der Waals surface area contributed by atoms with E-state index < -0.39 is 11.9 Å². The summed E-state index contributed by atoms with van der Waals surface area (Å²) in [6, 6.07) is 5.72. The van der Waals surface area contributed by atoms with Gasteiger partial charge in [0.25, 0.3) is 0 Å². The van der Waals surface area contributed by atoms with Crippen LogP contribution in [-0.4, -0.2) is 32.7 Å². The first kappa shape index (κ1) is 20.5. The summed E-state index contributed by atoms with van der Waals surface area (Å²) in [5.74, 6) is 1.50. The Balaban J connectivity index is 1.65. The molecular weight excluding hydrogens is 419 g/mol. The van der Waals surface area contributed by atoms with Gasteiger partial charge in [0.2, 0.25) is 5.28 Å². The van der Waals surface area contributed by atoms with E-state index in [1.165, 1.54) is 4.57 Å². The Morgan fingerprint density at radius 3 is 2.73 bits per heavy atom. The largest absolute Gasteiger partial charge is 0.486 e. The van der Waals surface area contributed by atoms with Crippen molar-refractivity contribution in [3.63, 3.8) is 0 Å². The van der Waals surface area contributed by atoms with Gasteiger partial charge in [-0.2, -0.15) is 18.2 Å². The van der Waals surface area contributed by atoms with Gasteiger partial charge in [0.05, 0.1) is 12.7 Å². The van der Waals surface area contributed by atoms with E-state index in [-0.39, 0.29) is 5.28 Å². The lowest BCUT2D eigenvalue weighted by Gasteiger charge is -2.30. The van der Waals surface area contributed by atoms with Crippen molar-refractivity contribution in [1.29, 1.82) is 0 Å². The average molecular weight is 438 g/mol. The molecule has 0 fully saturated rings. The van der Waals surface area contributed by atoms with E-state index in [9.17, 15) is 13.2 Å². The lowest BCUT2D eigenvalue weighted by molar-refractivity contribution is -0.140. The predicted molar refractivity (Wildman–Crippen MR) is 107 cm³/mol. The first-order chi connectivity index (χ1) is 14.3. The van der Waals surface area contributed by atoms with Crippen LogP contribution in [0.3, 0.4) is 0 Å². The van der Waals surface area contributed by atoms with E-state index in [1.54, 1.807) is 13.2 Å². The number of hydrogen-bond acceptors (Lipinski definition) is 5. The van der Waals surface area contributed by atoms with Gasteiger partial charge in [-0.15, -0.1) is 0 Å². The number of benzene rings is 1. The molecule has 0 amide bonds. The molecule has 0 atom stereocenters. The van der Waals surface area contributed by atoms with Crippen LogP contribution in [0.4, 0.5) is 19.0 Å². The number of imidazole rings is 1. The van der Waals surface area contributed by atoms with Gasteiger partial charge in [0.15, 0.2) is 17.3 Å². The van der Waals surface area contributed by atoms with E-state index in [0.717, 1.165) is 17.3 Å². The number of aromatic nitrogens is 4. The molecule has 0 N–H and O–H groups in total. The minimum Gasteiger partial charge on any atom is -0.486 e. The van der Waals surface area contributed by atoms with E-state index in [4.69, 9.17) is 16.3 Å². The van der Waals surface area contributed by atoms with E-state index in [1.807, 2.05) is 30.0 Å². The van der Waals surface area contributed by atoms with E-state index in [0.29, 0.717) is 49.1 Å². The molecule has 4 rings (SSSR count). The second kappa shape index (κ2) is 7.79. The Labute approximate surface area is 176 Å². The molecule has 0 saturated carbocycles. The highest BCUT2D eigenvalue weighted by atomic mass is 35.5. The van der Waals surface area contributed by atoms with Crippen molar-refractivity contribution >= 4 is 17.4 Å². The molecule has 30 heavy (non-hydrogen) atoms. The molecule has 1 aliphatic heterocycles. The van der Waals surface area contributed by atoms with Crippen LogP contribution < -0.4 is 9.64 Å². The minimum atomic E-state index is -4.48. The van der Waals surface area contributed by atoms with Gasteiger partial charge in [-0.3, -0.25) is 0 Å². The molecule has 1 aliphatic rings. The molecule has 6 nitrogen and oxygen atoms in total. The first-order valence-electron chi connectivity index (χ1n) is 9.39. The highest BCUT2D eigenvalue weighted by Gasteiger charge is 2.34. The van der Waals surface area contributed by atoms with E-state index in [2.05, 4.69) is 15.0 Å². The Morgan fingerprint density at radius 1 is 1.23 bits per heavy atom. The molecule has 158 valence electrons. The summed E-state index contributed by atoms with van der Waals surface area (Å²) in [4.78, 5) is 14.1. The van der Waals surface area contributed by atoms with Gasteiger partial charge in [-0.25, -0.2) is 9.97 Å². The number of hydrogen-bond donors (Lipinski definition) is 0. The van der Waals surface area contributed by atoms with Crippen molar-refractivity contribution < 1.29 is 17.9 Å². The molecule has 0 saturated heterocycles. The van der Waals surface area contributed by atoms with Gasteiger partial charge in [0, 0.05) is 25.4 Å². The van der Waals surface area contributed by atoms with Crippen LogP contribution in [0.25, 0.3) is 11.4 Å². The van der Waals surface area contributed by atoms with Gasteiger partial charge < -0.3 is 14.2 Å². The number of ether oxygens (including phenoxy) is 1. The maximum absolute atomic E-state index is 13.0. The molecule has 10 heteroatoms. The summed E-state index contributed by atoms with van der Waals surface area (Å²) in [6.45, 7) is 3.67. The minimum absolute atomic E-state index is 0.143. The molecule has 0 radical (unpaired) electrons. The molecule has 0 unspecified atom stereocenters. The number of alkyl halides is 3. The van der Waals surface area contributed by atoms with Crippen LogP contribution in [0.2, 0.25) is 5.28 Å². The number of fused-ring (bicyclic) bond motifs is 1.